The Labute approximate surface area is 114 Å². The number of aromatic nitrogens is 1. The van der Waals surface area contributed by atoms with E-state index in [0.29, 0.717) is 11.7 Å². The molecule has 0 radical (unpaired) electrons. The third-order valence-electron chi connectivity index (χ3n) is 2.23. The van der Waals surface area contributed by atoms with E-state index in [1.807, 2.05) is 13.2 Å². The van der Waals surface area contributed by atoms with Crippen molar-refractivity contribution in [2.75, 3.05) is 12.8 Å². The van der Waals surface area contributed by atoms with Crippen LogP contribution in [0.4, 0.5) is 0 Å². The third kappa shape index (κ3) is 3.94. The fourth-order valence-corrected chi connectivity index (χ4v) is 3.73. The van der Waals surface area contributed by atoms with Crippen LogP contribution >= 0.6 is 23.1 Å². The van der Waals surface area contributed by atoms with Crippen molar-refractivity contribution in [1.29, 1.82) is 0 Å². The van der Waals surface area contributed by atoms with Gasteiger partial charge in [-0.25, -0.2) is 22.9 Å². The molecule has 0 bridgehead atoms. The minimum absolute atomic E-state index is 0.244. The van der Waals surface area contributed by atoms with E-state index in [1.54, 1.807) is 11.8 Å². The van der Waals surface area contributed by atoms with E-state index in [-0.39, 0.29) is 10.8 Å². The van der Waals surface area contributed by atoms with Crippen LogP contribution in [0.2, 0.25) is 0 Å². The second-order valence-corrected chi connectivity index (χ2v) is 7.62. The largest absolute Gasteiger partial charge is 0.476 e. The molecule has 1 atom stereocenters. The van der Waals surface area contributed by atoms with Crippen molar-refractivity contribution >= 4 is 39.1 Å². The zero-order chi connectivity index (χ0) is 13.8. The smallest absolute Gasteiger partial charge is 0.356 e. The Morgan fingerprint density at radius 1 is 1.67 bits per heavy atom. The lowest BCUT2D eigenvalue weighted by Gasteiger charge is -2.09. The number of aromatic carboxylic acids is 1. The zero-order valence-electron chi connectivity index (χ0n) is 9.91. The van der Waals surface area contributed by atoms with Gasteiger partial charge < -0.3 is 5.11 Å². The molecule has 18 heavy (non-hydrogen) atoms. The minimum Gasteiger partial charge on any atom is -0.476 e. The third-order valence-corrected chi connectivity index (χ3v) is 6.10. The van der Waals surface area contributed by atoms with Gasteiger partial charge in [-0.2, -0.15) is 11.8 Å². The topological polar surface area (TPSA) is 96.4 Å². The zero-order valence-corrected chi connectivity index (χ0v) is 12.4. The highest BCUT2D eigenvalue weighted by Crippen LogP contribution is 2.20. The molecule has 0 aliphatic rings. The summed E-state index contributed by atoms with van der Waals surface area (Å²) in [5.74, 6) is -1.34. The average molecular weight is 310 g/mol. The van der Waals surface area contributed by atoms with E-state index in [9.17, 15) is 13.2 Å². The number of carbonyl (C=O) groups is 1. The Balaban J connectivity index is 2.75. The lowest BCUT2D eigenvalue weighted by molar-refractivity contribution is 0.0687. The number of carboxylic acid groups (broad SMARTS) is 1. The summed E-state index contributed by atoms with van der Waals surface area (Å²) in [6.45, 7) is 2.27. The van der Waals surface area contributed by atoms with Crippen LogP contribution in [0, 0.1) is 0 Å². The summed E-state index contributed by atoms with van der Waals surface area (Å²) in [4.78, 5) is 14.3. The molecule has 0 amide bonds. The van der Waals surface area contributed by atoms with Crippen LogP contribution in [-0.2, 0) is 10.0 Å². The van der Waals surface area contributed by atoms with Crippen LogP contribution in [0.25, 0.3) is 0 Å². The highest BCUT2D eigenvalue weighted by molar-refractivity contribution is 7.99. The number of thiazole rings is 1. The van der Waals surface area contributed by atoms with E-state index in [4.69, 9.17) is 5.11 Å². The number of rotatable bonds is 7. The molecule has 1 aromatic heterocycles. The summed E-state index contributed by atoms with van der Waals surface area (Å²) in [6.07, 6.45) is 2.63. The van der Waals surface area contributed by atoms with Gasteiger partial charge in [-0.15, -0.1) is 11.3 Å². The molecular weight excluding hydrogens is 296 g/mol. The van der Waals surface area contributed by atoms with Crippen molar-refractivity contribution in [2.24, 2.45) is 0 Å². The fourth-order valence-electron chi connectivity index (χ4n) is 1.15. The Morgan fingerprint density at radius 3 is 2.89 bits per heavy atom. The normalized spacial score (nSPS) is 13.4. The van der Waals surface area contributed by atoms with Gasteiger partial charge >= 0.3 is 5.97 Å². The number of hydrogen-bond acceptors (Lipinski definition) is 6. The standard InChI is InChI=1S/C9H14N2O4S3/c1-6(16-2)3-4-11-18(14,15)9-7(8(12)13)10-5-17-9/h5-6,11H,3-4H2,1-2H3,(H,12,13). The maximum absolute atomic E-state index is 11.9. The van der Waals surface area contributed by atoms with Gasteiger partial charge in [-0.3, -0.25) is 0 Å². The Bertz CT molecular complexity index is 512. The molecule has 0 aliphatic carbocycles. The second-order valence-electron chi connectivity index (χ2n) is 3.53. The second kappa shape index (κ2) is 6.50. The van der Waals surface area contributed by atoms with Crippen LogP contribution in [0.3, 0.4) is 0 Å². The Morgan fingerprint density at radius 2 is 2.33 bits per heavy atom. The molecule has 2 N–H and O–H groups in total. The molecule has 0 fully saturated rings. The van der Waals surface area contributed by atoms with E-state index >= 15 is 0 Å². The molecule has 0 saturated carbocycles. The number of hydrogen-bond donors (Lipinski definition) is 2. The highest BCUT2D eigenvalue weighted by atomic mass is 32.2. The van der Waals surface area contributed by atoms with E-state index in [1.165, 1.54) is 5.51 Å². The monoisotopic (exact) mass is 310 g/mol. The molecule has 0 aliphatic heterocycles. The number of thioether (sulfide) groups is 1. The Hall–Kier alpha value is -0.640. The molecule has 102 valence electrons. The summed E-state index contributed by atoms with van der Waals surface area (Å²) in [7, 11) is -3.78. The quantitative estimate of drug-likeness (QED) is 0.787. The molecule has 1 rings (SSSR count). The Kier molecular flexibility index (Phi) is 5.57. The minimum atomic E-state index is -3.78. The first-order valence-corrected chi connectivity index (χ1v) is 8.72. The first-order chi connectivity index (χ1) is 8.38. The van der Waals surface area contributed by atoms with Crippen molar-refractivity contribution < 1.29 is 18.3 Å². The van der Waals surface area contributed by atoms with Gasteiger partial charge in [0.2, 0.25) is 0 Å². The number of sulfonamides is 1. The number of carboxylic acids is 1. The van der Waals surface area contributed by atoms with Gasteiger partial charge in [-0.05, 0) is 12.7 Å². The molecule has 1 unspecified atom stereocenters. The van der Waals surface area contributed by atoms with Crippen LogP contribution in [0.1, 0.15) is 23.8 Å². The van der Waals surface area contributed by atoms with Gasteiger partial charge in [-0.1, -0.05) is 6.92 Å². The van der Waals surface area contributed by atoms with Crippen molar-refractivity contribution in [3.63, 3.8) is 0 Å². The average Bonchev–Trinajstić information content (AvgIpc) is 2.78. The van der Waals surface area contributed by atoms with Crippen molar-refractivity contribution in [3.8, 4) is 0 Å². The molecule has 1 heterocycles. The van der Waals surface area contributed by atoms with Crippen LogP contribution < -0.4 is 4.72 Å². The molecule has 6 nitrogen and oxygen atoms in total. The predicted octanol–water partition coefficient (Wildman–Crippen LogP) is 1.26. The lowest BCUT2D eigenvalue weighted by atomic mass is 10.3. The first-order valence-electron chi connectivity index (χ1n) is 5.07. The summed E-state index contributed by atoms with van der Waals surface area (Å²) in [5, 5.41) is 9.16. The maximum Gasteiger partial charge on any atom is 0.356 e. The van der Waals surface area contributed by atoms with Gasteiger partial charge in [0, 0.05) is 11.8 Å². The molecule has 1 aromatic rings. The predicted molar refractivity (Wildman–Crippen MR) is 71.9 cm³/mol. The number of nitrogens with one attached hydrogen (secondary N) is 1. The fraction of sp³-hybridized carbons (Fsp3) is 0.556. The van der Waals surface area contributed by atoms with Gasteiger partial charge in [0.1, 0.15) is 0 Å². The maximum atomic E-state index is 11.9. The molecule has 0 spiro atoms. The molecule has 0 aromatic carbocycles. The summed E-state index contributed by atoms with van der Waals surface area (Å²) < 4.78 is 25.9. The lowest BCUT2D eigenvalue weighted by Crippen LogP contribution is -2.27. The van der Waals surface area contributed by atoms with Crippen LogP contribution in [-0.4, -0.2) is 42.5 Å². The van der Waals surface area contributed by atoms with Gasteiger partial charge in [0.15, 0.2) is 9.90 Å². The first kappa shape index (κ1) is 15.4. The van der Waals surface area contributed by atoms with E-state index in [0.717, 1.165) is 11.3 Å². The van der Waals surface area contributed by atoms with Crippen molar-refractivity contribution in [1.82, 2.24) is 9.71 Å². The van der Waals surface area contributed by atoms with E-state index in [2.05, 4.69) is 9.71 Å². The summed E-state index contributed by atoms with van der Waals surface area (Å²) in [5.41, 5.74) is 0.785. The van der Waals surface area contributed by atoms with Crippen molar-refractivity contribution in [2.45, 2.75) is 22.8 Å². The van der Waals surface area contributed by atoms with Crippen LogP contribution in [0.15, 0.2) is 9.72 Å². The summed E-state index contributed by atoms with van der Waals surface area (Å²) in [6, 6.07) is 0. The van der Waals surface area contributed by atoms with Gasteiger partial charge in [0.25, 0.3) is 10.0 Å². The molecule has 9 heteroatoms. The van der Waals surface area contributed by atoms with Gasteiger partial charge in [0.05, 0.1) is 5.51 Å². The highest BCUT2D eigenvalue weighted by Gasteiger charge is 2.25. The number of nitrogens with zero attached hydrogens (tertiary/aromatic N) is 1. The molecular formula is C9H14N2O4S3. The molecule has 0 saturated heterocycles. The summed E-state index contributed by atoms with van der Waals surface area (Å²) >= 11 is 2.44. The van der Waals surface area contributed by atoms with Crippen molar-refractivity contribution in [3.05, 3.63) is 11.2 Å². The van der Waals surface area contributed by atoms with E-state index < -0.39 is 21.7 Å². The van der Waals surface area contributed by atoms with Crippen LogP contribution in [0.5, 0.6) is 0 Å². The SMILES string of the molecule is CSC(C)CCNS(=O)(=O)c1scnc1C(=O)O.